The smallest absolute Gasteiger partial charge is 0.223 e. The Balaban J connectivity index is 2.40. The molecule has 18 heavy (non-hydrogen) atoms. The van der Waals surface area contributed by atoms with Crippen molar-refractivity contribution in [3.05, 3.63) is 0 Å². The first-order valence-corrected chi connectivity index (χ1v) is 7.29. The fourth-order valence-corrected chi connectivity index (χ4v) is 2.43. The molecule has 3 heteroatoms. The number of hydrogen-bond donors (Lipinski definition) is 1. The van der Waals surface area contributed by atoms with Gasteiger partial charge in [-0.15, -0.1) is 0 Å². The van der Waals surface area contributed by atoms with E-state index in [1.165, 1.54) is 6.42 Å². The number of amides is 1. The Bertz CT molecular complexity index is 268. The summed E-state index contributed by atoms with van der Waals surface area (Å²) in [5.74, 6) is 0.960. The molecule has 1 unspecified atom stereocenters. The van der Waals surface area contributed by atoms with E-state index in [1.54, 1.807) is 0 Å². The molecule has 0 aromatic heterocycles. The highest BCUT2D eigenvalue weighted by Crippen LogP contribution is 2.23. The maximum absolute atomic E-state index is 12.2. The lowest BCUT2D eigenvalue weighted by Gasteiger charge is -2.34. The van der Waals surface area contributed by atoms with Gasteiger partial charge in [0.25, 0.3) is 0 Å². The summed E-state index contributed by atoms with van der Waals surface area (Å²) in [5.41, 5.74) is 0.0974. The summed E-state index contributed by atoms with van der Waals surface area (Å²) in [4.78, 5) is 14.3. The molecule has 0 radical (unpaired) electrons. The number of likely N-dealkylation sites (tertiary alicyclic amines) is 1. The third kappa shape index (κ3) is 5.85. The molecule has 1 heterocycles. The molecule has 1 aliphatic rings. The van der Waals surface area contributed by atoms with Crippen LogP contribution in [0.3, 0.4) is 0 Å². The molecule has 0 aromatic rings. The van der Waals surface area contributed by atoms with Crippen molar-refractivity contribution in [3.8, 4) is 0 Å². The Morgan fingerprint density at radius 3 is 2.61 bits per heavy atom. The van der Waals surface area contributed by atoms with Gasteiger partial charge in [-0.1, -0.05) is 34.6 Å². The number of rotatable bonds is 4. The van der Waals surface area contributed by atoms with Crippen LogP contribution in [0.15, 0.2) is 0 Å². The van der Waals surface area contributed by atoms with Gasteiger partial charge in [0.15, 0.2) is 0 Å². The predicted molar refractivity (Wildman–Crippen MR) is 76.5 cm³/mol. The second kappa shape index (κ2) is 6.55. The number of nitrogens with zero attached hydrogens (tertiary/aromatic N) is 1. The number of hydrogen-bond acceptors (Lipinski definition) is 2. The molecular formula is C15H30N2O. The van der Waals surface area contributed by atoms with Crippen LogP contribution in [0.25, 0.3) is 0 Å². The molecular weight excluding hydrogens is 224 g/mol. The topological polar surface area (TPSA) is 32.3 Å². The molecule has 1 aliphatic heterocycles. The fourth-order valence-electron chi connectivity index (χ4n) is 2.43. The van der Waals surface area contributed by atoms with Crippen LogP contribution in [0.1, 0.15) is 53.9 Å². The summed E-state index contributed by atoms with van der Waals surface area (Å²) in [6.07, 6.45) is 3.07. The normalized spacial score (nSPS) is 21.4. The lowest BCUT2D eigenvalue weighted by atomic mass is 9.90. The number of nitrogens with one attached hydrogen (secondary N) is 1. The molecule has 1 fully saturated rings. The molecule has 1 atom stereocenters. The predicted octanol–water partition coefficient (Wildman–Crippen LogP) is 2.66. The molecule has 1 N–H and O–H groups in total. The van der Waals surface area contributed by atoms with E-state index in [1.807, 2.05) is 0 Å². The first kappa shape index (κ1) is 15.5. The van der Waals surface area contributed by atoms with E-state index in [0.717, 1.165) is 26.1 Å². The monoisotopic (exact) mass is 254 g/mol. The van der Waals surface area contributed by atoms with E-state index in [4.69, 9.17) is 0 Å². The van der Waals surface area contributed by atoms with E-state index < -0.39 is 0 Å². The second-order valence-corrected chi connectivity index (χ2v) is 7.15. The highest BCUT2D eigenvalue weighted by molar-refractivity contribution is 5.76. The fraction of sp³-hybridized carbons (Fsp3) is 0.933. The molecule has 3 nitrogen and oxygen atoms in total. The van der Waals surface area contributed by atoms with Crippen LogP contribution in [0.4, 0.5) is 0 Å². The highest BCUT2D eigenvalue weighted by Gasteiger charge is 2.26. The second-order valence-electron chi connectivity index (χ2n) is 7.15. The van der Waals surface area contributed by atoms with Gasteiger partial charge in [0.1, 0.15) is 0 Å². The summed E-state index contributed by atoms with van der Waals surface area (Å²) in [7, 11) is 0. The minimum Gasteiger partial charge on any atom is -0.342 e. The summed E-state index contributed by atoms with van der Waals surface area (Å²) >= 11 is 0. The molecule has 0 aromatic carbocycles. The molecule has 0 bridgehead atoms. The lowest BCUT2D eigenvalue weighted by molar-refractivity contribution is -0.134. The van der Waals surface area contributed by atoms with Crippen molar-refractivity contribution >= 4 is 5.91 Å². The van der Waals surface area contributed by atoms with Gasteiger partial charge in [0.05, 0.1) is 0 Å². The zero-order chi connectivity index (χ0) is 13.8. The summed E-state index contributed by atoms with van der Waals surface area (Å²) in [5, 5.41) is 3.48. The van der Waals surface area contributed by atoms with Crippen LogP contribution in [0.5, 0.6) is 0 Å². The third-order valence-electron chi connectivity index (χ3n) is 3.37. The van der Waals surface area contributed by atoms with Crippen LogP contribution in [0.2, 0.25) is 0 Å². The van der Waals surface area contributed by atoms with E-state index in [9.17, 15) is 4.79 Å². The van der Waals surface area contributed by atoms with Crippen molar-refractivity contribution in [3.63, 3.8) is 0 Å². The van der Waals surface area contributed by atoms with Crippen LogP contribution in [-0.2, 0) is 4.79 Å². The molecule has 1 amide bonds. The average molecular weight is 254 g/mol. The van der Waals surface area contributed by atoms with Gasteiger partial charge in [-0.25, -0.2) is 0 Å². The molecule has 0 aliphatic carbocycles. The van der Waals surface area contributed by atoms with Gasteiger partial charge < -0.3 is 10.2 Å². The Hall–Kier alpha value is -0.570. The first-order valence-electron chi connectivity index (χ1n) is 7.29. The molecule has 106 valence electrons. The number of carbonyl (C=O) groups excluding carboxylic acids is 1. The Morgan fingerprint density at radius 1 is 1.39 bits per heavy atom. The highest BCUT2D eigenvalue weighted by atomic mass is 16.2. The summed E-state index contributed by atoms with van der Waals surface area (Å²) < 4.78 is 0. The Morgan fingerprint density at radius 2 is 2.06 bits per heavy atom. The third-order valence-corrected chi connectivity index (χ3v) is 3.37. The average Bonchev–Trinajstić information content (AvgIpc) is 2.24. The standard InChI is InChI=1S/C15H30N2O/c1-12(2)16-10-13-7-6-8-17(11-13)14(18)9-15(3,4)5/h12-13,16H,6-11H2,1-5H3. The van der Waals surface area contributed by atoms with E-state index in [2.05, 4.69) is 44.8 Å². The first-order chi connectivity index (χ1) is 8.28. The molecule has 1 rings (SSSR count). The minimum atomic E-state index is 0.0974. The maximum atomic E-state index is 12.2. The largest absolute Gasteiger partial charge is 0.342 e. The van der Waals surface area contributed by atoms with Crippen molar-refractivity contribution in [1.82, 2.24) is 10.2 Å². The summed E-state index contributed by atoms with van der Waals surface area (Å²) in [6.45, 7) is 13.7. The van der Waals surface area contributed by atoms with Gasteiger partial charge in [-0.2, -0.15) is 0 Å². The molecule has 1 saturated heterocycles. The maximum Gasteiger partial charge on any atom is 0.223 e. The zero-order valence-corrected chi connectivity index (χ0v) is 12.8. The van der Waals surface area contributed by atoms with Crippen molar-refractivity contribution in [2.75, 3.05) is 19.6 Å². The minimum absolute atomic E-state index is 0.0974. The van der Waals surface area contributed by atoms with Crippen LogP contribution < -0.4 is 5.32 Å². The van der Waals surface area contributed by atoms with Crippen molar-refractivity contribution in [2.45, 2.75) is 59.9 Å². The molecule has 0 saturated carbocycles. The summed E-state index contributed by atoms with van der Waals surface area (Å²) in [6, 6.07) is 0.533. The number of carbonyl (C=O) groups is 1. The van der Waals surface area contributed by atoms with Crippen LogP contribution in [-0.4, -0.2) is 36.5 Å². The SMILES string of the molecule is CC(C)NCC1CCCN(C(=O)CC(C)(C)C)C1. The quantitative estimate of drug-likeness (QED) is 0.836. The van der Waals surface area contributed by atoms with Gasteiger partial charge in [0, 0.05) is 25.6 Å². The van der Waals surface area contributed by atoms with E-state index in [-0.39, 0.29) is 5.41 Å². The van der Waals surface area contributed by atoms with E-state index >= 15 is 0 Å². The van der Waals surface area contributed by atoms with E-state index in [0.29, 0.717) is 24.3 Å². The van der Waals surface area contributed by atoms with Gasteiger partial charge in [0.2, 0.25) is 5.91 Å². The van der Waals surface area contributed by atoms with Gasteiger partial charge in [-0.3, -0.25) is 4.79 Å². The van der Waals surface area contributed by atoms with Crippen molar-refractivity contribution < 1.29 is 4.79 Å². The zero-order valence-electron chi connectivity index (χ0n) is 12.8. The Labute approximate surface area is 112 Å². The molecule has 0 spiro atoms. The van der Waals surface area contributed by atoms with Gasteiger partial charge in [-0.05, 0) is 30.7 Å². The van der Waals surface area contributed by atoms with Crippen LogP contribution >= 0.6 is 0 Å². The van der Waals surface area contributed by atoms with Crippen LogP contribution in [0, 0.1) is 11.3 Å². The lowest BCUT2D eigenvalue weighted by Crippen LogP contribution is -2.44. The van der Waals surface area contributed by atoms with Gasteiger partial charge >= 0.3 is 0 Å². The van der Waals surface area contributed by atoms with Crippen molar-refractivity contribution in [2.24, 2.45) is 11.3 Å². The number of piperidine rings is 1. The van der Waals surface area contributed by atoms with Crippen molar-refractivity contribution in [1.29, 1.82) is 0 Å². The Kier molecular flexibility index (Phi) is 5.64.